The average molecular weight is 228 g/mol. The minimum absolute atomic E-state index is 0.115. The van der Waals surface area contributed by atoms with Gasteiger partial charge >= 0.3 is 0 Å². The van der Waals surface area contributed by atoms with Crippen molar-refractivity contribution in [2.75, 3.05) is 6.61 Å². The van der Waals surface area contributed by atoms with E-state index >= 15 is 0 Å². The van der Waals surface area contributed by atoms with Gasteiger partial charge in [0.05, 0.1) is 6.61 Å². The number of aromatic nitrogens is 2. The van der Waals surface area contributed by atoms with Crippen molar-refractivity contribution < 1.29 is 9.53 Å². The van der Waals surface area contributed by atoms with Crippen molar-refractivity contribution in [2.45, 2.75) is 6.92 Å². The summed E-state index contributed by atoms with van der Waals surface area (Å²) in [5.41, 5.74) is 0.983. The first-order chi connectivity index (χ1) is 8.31. The van der Waals surface area contributed by atoms with Gasteiger partial charge in [0.1, 0.15) is 17.8 Å². The molecule has 0 atom stereocenters. The fourth-order valence-electron chi connectivity index (χ4n) is 1.44. The highest BCUT2D eigenvalue weighted by molar-refractivity contribution is 6.07. The van der Waals surface area contributed by atoms with E-state index in [0.29, 0.717) is 17.9 Å². The zero-order valence-electron chi connectivity index (χ0n) is 9.46. The quantitative estimate of drug-likeness (QED) is 0.752. The van der Waals surface area contributed by atoms with Crippen molar-refractivity contribution in [1.82, 2.24) is 9.97 Å². The molecule has 1 aromatic heterocycles. The van der Waals surface area contributed by atoms with Gasteiger partial charge in [0.15, 0.2) is 0 Å². The maximum atomic E-state index is 12.0. The van der Waals surface area contributed by atoms with Gasteiger partial charge in [-0.3, -0.25) is 4.79 Å². The molecule has 0 aliphatic carbocycles. The van der Waals surface area contributed by atoms with E-state index in [1.54, 1.807) is 36.5 Å². The molecule has 0 aliphatic heterocycles. The maximum Gasteiger partial charge on any atom is 0.211 e. The number of carbonyl (C=O) groups excluding carboxylic acids is 1. The Morgan fingerprint density at radius 3 is 2.59 bits per heavy atom. The number of hydrogen-bond acceptors (Lipinski definition) is 4. The number of carbonyl (C=O) groups is 1. The molecule has 0 radical (unpaired) electrons. The second-order valence-corrected chi connectivity index (χ2v) is 3.38. The third kappa shape index (κ3) is 2.66. The van der Waals surface area contributed by atoms with E-state index in [2.05, 4.69) is 9.97 Å². The van der Waals surface area contributed by atoms with Gasteiger partial charge < -0.3 is 4.74 Å². The summed E-state index contributed by atoms with van der Waals surface area (Å²) < 4.78 is 5.31. The number of benzene rings is 1. The van der Waals surface area contributed by atoms with Crippen LogP contribution >= 0.6 is 0 Å². The Morgan fingerprint density at radius 1 is 1.24 bits per heavy atom. The van der Waals surface area contributed by atoms with Gasteiger partial charge in [-0.05, 0) is 37.3 Å². The van der Waals surface area contributed by atoms with E-state index in [-0.39, 0.29) is 5.78 Å². The molecule has 0 bridgehead atoms. The predicted octanol–water partition coefficient (Wildman–Crippen LogP) is 2.11. The molecule has 0 saturated heterocycles. The van der Waals surface area contributed by atoms with Gasteiger partial charge in [0, 0.05) is 11.8 Å². The minimum atomic E-state index is -0.115. The zero-order valence-corrected chi connectivity index (χ0v) is 9.46. The fraction of sp³-hybridized carbons (Fsp3) is 0.154. The molecule has 1 aromatic carbocycles. The van der Waals surface area contributed by atoms with Crippen LogP contribution in [0.1, 0.15) is 23.0 Å². The van der Waals surface area contributed by atoms with E-state index in [1.165, 1.54) is 6.33 Å². The first-order valence-electron chi connectivity index (χ1n) is 5.35. The Bertz CT molecular complexity index is 495. The zero-order chi connectivity index (χ0) is 12.1. The SMILES string of the molecule is CCOc1ccc(C(=O)c2ccncn2)cc1. The van der Waals surface area contributed by atoms with Crippen molar-refractivity contribution in [3.8, 4) is 5.75 Å². The Kier molecular flexibility index (Phi) is 3.45. The summed E-state index contributed by atoms with van der Waals surface area (Å²) in [6.07, 6.45) is 2.91. The second-order valence-electron chi connectivity index (χ2n) is 3.38. The summed E-state index contributed by atoms with van der Waals surface area (Å²) in [7, 11) is 0. The lowest BCUT2D eigenvalue weighted by molar-refractivity contribution is 0.103. The molecule has 2 aromatic rings. The summed E-state index contributed by atoms with van der Waals surface area (Å²) in [5, 5.41) is 0. The van der Waals surface area contributed by atoms with E-state index in [0.717, 1.165) is 5.75 Å². The molecule has 4 nitrogen and oxygen atoms in total. The van der Waals surface area contributed by atoms with E-state index in [9.17, 15) is 4.79 Å². The third-order valence-corrected chi connectivity index (χ3v) is 2.24. The van der Waals surface area contributed by atoms with Gasteiger partial charge in [0.2, 0.25) is 5.78 Å². The van der Waals surface area contributed by atoms with E-state index in [4.69, 9.17) is 4.74 Å². The summed E-state index contributed by atoms with van der Waals surface area (Å²) in [6.45, 7) is 2.53. The molecule has 0 spiro atoms. The van der Waals surface area contributed by atoms with E-state index < -0.39 is 0 Å². The normalized spacial score (nSPS) is 9.94. The molecule has 86 valence electrons. The number of hydrogen-bond donors (Lipinski definition) is 0. The Morgan fingerprint density at radius 2 is 2.00 bits per heavy atom. The molecule has 17 heavy (non-hydrogen) atoms. The topological polar surface area (TPSA) is 52.1 Å². The number of nitrogens with zero attached hydrogens (tertiary/aromatic N) is 2. The van der Waals surface area contributed by atoms with Gasteiger partial charge in [-0.25, -0.2) is 9.97 Å². The molecule has 0 aliphatic rings. The third-order valence-electron chi connectivity index (χ3n) is 2.24. The highest BCUT2D eigenvalue weighted by Crippen LogP contribution is 2.14. The Hall–Kier alpha value is -2.23. The number of ether oxygens (including phenoxy) is 1. The van der Waals surface area contributed by atoms with Crippen LogP contribution in [0.4, 0.5) is 0 Å². The largest absolute Gasteiger partial charge is 0.494 e. The van der Waals surface area contributed by atoms with Gasteiger partial charge in [-0.15, -0.1) is 0 Å². The van der Waals surface area contributed by atoms with Crippen molar-refractivity contribution >= 4 is 5.78 Å². The predicted molar refractivity (Wildman–Crippen MR) is 63.1 cm³/mol. The molecule has 1 heterocycles. The van der Waals surface area contributed by atoms with E-state index in [1.807, 2.05) is 6.92 Å². The molecule has 0 fully saturated rings. The molecule has 0 saturated carbocycles. The molecular formula is C13H12N2O2. The molecular weight excluding hydrogens is 216 g/mol. The lowest BCUT2D eigenvalue weighted by Gasteiger charge is -2.03. The molecule has 0 amide bonds. The van der Waals surface area contributed by atoms with Crippen LogP contribution in [0.25, 0.3) is 0 Å². The Labute approximate surface area is 99.3 Å². The van der Waals surface area contributed by atoms with Gasteiger partial charge in [-0.1, -0.05) is 0 Å². The van der Waals surface area contributed by atoms with Crippen LogP contribution in [0.3, 0.4) is 0 Å². The fourth-order valence-corrected chi connectivity index (χ4v) is 1.44. The molecule has 0 unspecified atom stereocenters. The number of rotatable bonds is 4. The molecule has 2 rings (SSSR count). The van der Waals surface area contributed by atoms with Crippen LogP contribution < -0.4 is 4.74 Å². The van der Waals surface area contributed by atoms with Crippen LogP contribution in [0.5, 0.6) is 5.75 Å². The summed E-state index contributed by atoms with van der Waals surface area (Å²) >= 11 is 0. The first kappa shape index (κ1) is 11.3. The summed E-state index contributed by atoms with van der Waals surface area (Å²) in [6, 6.07) is 8.61. The van der Waals surface area contributed by atoms with Crippen LogP contribution in [-0.2, 0) is 0 Å². The standard InChI is InChI=1S/C13H12N2O2/c1-2-17-11-5-3-10(4-6-11)13(16)12-7-8-14-9-15-12/h3-9H,2H2,1H3. The van der Waals surface area contributed by atoms with Crippen LogP contribution in [0.2, 0.25) is 0 Å². The lowest BCUT2D eigenvalue weighted by atomic mass is 10.1. The van der Waals surface area contributed by atoms with Crippen molar-refractivity contribution in [1.29, 1.82) is 0 Å². The van der Waals surface area contributed by atoms with Crippen LogP contribution in [0, 0.1) is 0 Å². The summed E-state index contributed by atoms with van der Waals surface area (Å²) in [5.74, 6) is 0.641. The first-order valence-corrected chi connectivity index (χ1v) is 5.35. The van der Waals surface area contributed by atoms with Gasteiger partial charge in [0.25, 0.3) is 0 Å². The van der Waals surface area contributed by atoms with Crippen LogP contribution in [0.15, 0.2) is 42.9 Å². The maximum absolute atomic E-state index is 12.0. The smallest absolute Gasteiger partial charge is 0.211 e. The lowest BCUT2D eigenvalue weighted by Crippen LogP contribution is -2.04. The molecule has 0 N–H and O–H groups in total. The highest BCUT2D eigenvalue weighted by Gasteiger charge is 2.09. The van der Waals surface area contributed by atoms with Crippen LogP contribution in [-0.4, -0.2) is 22.4 Å². The van der Waals surface area contributed by atoms with Crippen molar-refractivity contribution in [3.63, 3.8) is 0 Å². The van der Waals surface area contributed by atoms with Crippen molar-refractivity contribution in [2.24, 2.45) is 0 Å². The molecule has 4 heteroatoms. The minimum Gasteiger partial charge on any atom is -0.494 e. The van der Waals surface area contributed by atoms with Gasteiger partial charge in [-0.2, -0.15) is 0 Å². The average Bonchev–Trinajstić information content (AvgIpc) is 2.40. The second kappa shape index (κ2) is 5.21. The highest BCUT2D eigenvalue weighted by atomic mass is 16.5. The summed E-state index contributed by atoms with van der Waals surface area (Å²) in [4.78, 5) is 19.7. The van der Waals surface area contributed by atoms with Crippen molar-refractivity contribution in [3.05, 3.63) is 54.1 Å². The number of ketones is 1. The Balaban J connectivity index is 2.20. The monoisotopic (exact) mass is 228 g/mol.